The number of nitrogens with zero attached hydrogens (tertiary/aromatic N) is 2. The number of anilines is 1. The van der Waals surface area contributed by atoms with Gasteiger partial charge in [-0.2, -0.15) is 5.10 Å². The van der Waals surface area contributed by atoms with Gasteiger partial charge < -0.3 is 10.6 Å². The second-order valence-electron chi connectivity index (χ2n) is 7.09. The highest BCUT2D eigenvalue weighted by molar-refractivity contribution is 6.02. The molecule has 0 spiro atoms. The molecule has 4 aromatic rings. The number of amides is 2. The quantitative estimate of drug-likeness (QED) is 0.447. The lowest BCUT2D eigenvalue weighted by atomic mass is 10.1. The minimum Gasteiger partial charge on any atom is -0.347 e. The molecule has 2 heterocycles. The summed E-state index contributed by atoms with van der Waals surface area (Å²) >= 11 is 0. The van der Waals surface area contributed by atoms with Crippen LogP contribution in [0.25, 0.3) is 11.3 Å². The van der Waals surface area contributed by atoms with Gasteiger partial charge in [-0.25, -0.2) is 0 Å². The van der Waals surface area contributed by atoms with E-state index in [1.807, 2.05) is 49.4 Å². The fraction of sp³-hybridized carbons (Fsp3) is 0.0833. The molecule has 0 saturated heterocycles. The Labute approximate surface area is 179 Å². The maximum absolute atomic E-state index is 12.5. The molecule has 7 nitrogen and oxygen atoms in total. The molecule has 2 aromatic heterocycles. The number of H-pyrrole nitrogens is 1. The lowest BCUT2D eigenvalue weighted by molar-refractivity contribution is 0.0945. The number of carbonyl (C=O) groups excluding carboxylic acids is 2. The summed E-state index contributed by atoms with van der Waals surface area (Å²) in [5, 5.41) is 12.7. The first-order chi connectivity index (χ1) is 15.1. The highest BCUT2D eigenvalue weighted by Gasteiger charge is 2.11. The van der Waals surface area contributed by atoms with Crippen molar-refractivity contribution in [3.05, 3.63) is 102 Å². The van der Waals surface area contributed by atoms with Crippen LogP contribution >= 0.6 is 0 Å². The summed E-state index contributed by atoms with van der Waals surface area (Å²) in [5.41, 5.74) is 5.02. The SMILES string of the molecule is Cc1ccc(-c2cc(C(=O)NCc3cccc(NC(=O)c4ccccn4)c3)[nH]n2)cc1. The van der Waals surface area contributed by atoms with E-state index in [-0.39, 0.29) is 11.8 Å². The number of aromatic amines is 1. The van der Waals surface area contributed by atoms with Gasteiger partial charge in [-0.1, -0.05) is 48.0 Å². The molecular formula is C24H21N5O2. The van der Waals surface area contributed by atoms with Gasteiger partial charge in [-0.15, -0.1) is 0 Å². The molecule has 0 bridgehead atoms. The van der Waals surface area contributed by atoms with Crippen LogP contribution in [0, 0.1) is 6.92 Å². The summed E-state index contributed by atoms with van der Waals surface area (Å²) in [4.78, 5) is 28.8. The zero-order chi connectivity index (χ0) is 21.6. The van der Waals surface area contributed by atoms with Crippen LogP contribution in [0.1, 0.15) is 32.1 Å². The molecule has 0 aliphatic carbocycles. The normalized spacial score (nSPS) is 10.5. The molecule has 0 atom stereocenters. The van der Waals surface area contributed by atoms with Crippen molar-refractivity contribution in [2.75, 3.05) is 5.32 Å². The van der Waals surface area contributed by atoms with E-state index in [0.717, 1.165) is 16.7 Å². The van der Waals surface area contributed by atoms with Gasteiger partial charge in [-0.05, 0) is 42.8 Å². The van der Waals surface area contributed by atoms with E-state index < -0.39 is 0 Å². The van der Waals surface area contributed by atoms with Crippen LogP contribution in [0.3, 0.4) is 0 Å². The minimum absolute atomic E-state index is 0.256. The molecule has 0 saturated carbocycles. The molecule has 0 fully saturated rings. The fourth-order valence-corrected chi connectivity index (χ4v) is 3.04. The number of carbonyl (C=O) groups is 2. The highest BCUT2D eigenvalue weighted by atomic mass is 16.2. The molecule has 0 aliphatic rings. The van der Waals surface area contributed by atoms with Gasteiger partial charge in [0, 0.05) is 24.0 Å². The van der Waals surface area contributed by atoms with E-state index in [2.05, 4.69) is 25.8 Å². The van der Waals surface area contributed by atoms with Crippen LogP contribution in [0.15, 0.2) is 79.0 Å². The van der Waals surface area contributed by atoms with E-state index >= 15 is 0 Å². The summed E-state index contributed by atoms with van der Waals surface area (Å²) in [6.45, 7) is 2.33. The number of hydrogen-bond donors (Lipinski definition) is 3. The Balaban J connectivity index is 1.37. The Bertz CT molecular complexity index is 1200. The van der Waals surface area contributed by atoms with E-state index in [1.54, 1.807) is 36.5 Å². The van der Waals surface area contributed by atoms with Crippen molar-refractivity contribution in [3.63, 3.8) is 0 Å². The van der Waals surface area contributed by atoms with Crippen molar-refractivity contribution in [2.24, 2.45) is 0 Å². The van der Waals surface area contributed by atoms with Crippen molar-refractivity contribution in [1.29, 1.82) is 0 Å². The summed E-state index contributed by atoms with van der Waals surface area (Å²) in [5.74, 6) is -0.545. The minimum atomic E-state index is -0.289. The van der Waals surface area contributed by atoms with Gasteiger partial charge in [0.2, 0.25) is 0 Å². The Hall–Kier alpha value is -4.26. The summed E-state index contributed by atoms with van der Waals surface area (Å²) in [6, 6.07) is 22.1. The van der Waals surface area contributed by atoms with Gasteiger partial charge in [0.15, 0.2) is 0 Å². The van der Waals surface area contributed by atoms with Crippen LogP contribution in [0.2, 0.25) is 0 Å². The largest absolute Gasteiger partial charge is 0.347 e. The smallest absolute Gasteiger partial charge is 0.274 e. The van der Waals surface area contributed by atoms with E-state index in [9.17, 15) is 9.59 Å². The second kappa shape index (κ2) is 9.04. The molecule has 31 heavy (non-hydrogen) atoms. The van der Waals surface area contributed by atoms with Crippen LogP contribution in [-0.4, -0.2) is 27.0 Å². The fourth-order valence-electron chi connectivity index (χ4n) is 3.04. The van der Waals surface area contributed by atoms with Crippen molar-refractivity contribution in [3.8, 4) is 11.3 Å². The number of rotatable bonds is 6. The maximum Gasteiger partial charge on any atom is 0.274 e. The third kappa shape index (κ3) is 5.02. The summed E-state index contributed by atoms with van der Waals surface area (Å²) < 4.78 is 0. The first-order valence-corrected chi connectivity index (χ1v) is 9.80. The maximum atomic E-state index is 12.5. The highest BCUT2D eigenvalue weighted by Crippen LogP contribution is 2.18. The third-order valence-electron chi connectivity index (χ3n) is 4.71. The first kappa shape index (κ1) is 20.0. The summed E-state index contributed by atoms with van der Waals surface area (Å²) in [7, 11) is 0. The zero-order valence-electron chi connectivity index (χ0n) is 16.9. The number of pyridine rings is 1. The van der Waals surface area contributed by atoms with Crippen LogP contribution in [-0.2, 0) is 6.54 Å². The molecule has 7 heteroatoms. The van der Waals surface area contributed by atoms with Crippen molar-refractivity contribution >= 4 is 17.5 Å². The zero-order valence-corrected chi connectivity index (χ0v) is 16.9. The molecule has 4 rings (SSSR count). The Morgan fingerprint density at radius 2 is 1.77 bits per heavy atom. The van der Waals surface area contributed by atoms with Gasteiger partial charge >= 0.3 is 0 Å². The average molecular weight is 411 g/mol. The number of hydrogen-bond acceptors (Lipinski definition) is 4. The van der Waals surface area contributed by atoms with Gasteiger partial charge in [0.05, 0.1) is 5.69 Å². The predicted octanol–water partition coefficient (Wildman–Crippen LogP) is 3.96. The molecule has 3 N–H and O–H groups in total. The summed E-state index contributed by atoms with van der Waals surface area (Å²) in [6.07, 6.45) is 1.57. The van der Waals surface area contributed by atoms with Crippen molar-refractivity contribution in [1.82, 2.24) is 20.5 Å². The molecule has 0 aliphatic heterocycles. The number of nitrogens with one attached hydrogen (secondary N) is 3. The number of aryl methyl sites for hydroxylation is 1. The molecule has 2 aromatic carbocycles. The Morgan fingerprint density at radius 3 is 2.55 bits per heavy atom. The standard InChI is InChI=1S/C24H21N5O2/c1-16-8-10-18(11-9-16)21-14-22(29-28-21)23(30)26-15-17-5-4-6-19(13-17)27-24(31)20-7-2-3-12-25-20/h2-14H,15H2,1H3,(H,26,30)(H,27,31)(H,28,29). The van der Waals surface area contributed by atoms with Gasteiger partial charge in [0.25, 0.3) is 11.8 Å². The van der Waals surface area contributed by atoms with Crippen LogP contribution < -0.4 is 10.6 Å². The van der Waals surface area contributed by atoms with E-state index in [1.165, 1.54) is 0 Å². The second-order valence-corrected chi connectivity index (χ2v) is 7.09. The monoisotopic (exact) mass is 411 g/mol. The number of aromatic nitrogens is 3. The van der Waals surface area contributed by atoms with Crippen LogP contribution in [0.5, 0.6) is 0 Å². The lowest BCUT2D eigenvalue weighted by Gasteiger charge is -2.08. The molecule has 2 amide bonds. The lowest BCUT2D eigenvalue weighted by Crippen LogP contribution is -2.23. The molecule has 154 valence electrons. The molecule has 0 radical (unpaired) electrons. The van der Waals surface area contributed by atoms with Gasteiger partial charge in [0.1, 0.15) is 11.4 Å². The molecular weight excluding hydrogens is 390 g/mol. The van der Waals surface area contributed by atoms with Crippen molar-refractivity contribution < 1.29 is 9.59 Å². The average Bonchev–Trinajstić information content (AvgIpc) is 3.29. The predicted molar refractivity (Wildman–Crippen MR) is 119 cm³/mol. The topological polar surface area (TPSA) is 99.8 Å². The van der Waals surface area contributed by atoms with Crippen LogP contribution in [0.4, 0.5) is 5.69 Å². The molecule has 0 unspecified atom stereocenters. The van der Waals surface area contributed by atoms with E-state index in [0.29, 0.717) is 29.3 Å². The Morgan fingerprint density at radius 1 is 0.935 bits per heavy atom. The third-order valence-corrected chi connectivity index (χ3v) is 4.71. The Kier molecular flexibility index (Phi) is 5.84. The number of benzene rings is 2. The van der Waals surface area contributed by atoms with Crippen molar-refractivity contribution in [2.45, 2.75) is 13.5 Å². The first-order valence-electron chi connectivity index (χ1n) is 9.80. The van der Waals surface area contributed by atoms with E-state index in [4.69, 9.17) is 0 Å². The van der Waals surface area contributed by atoms with Gasteiger partial charge in [-0.3, -0.25) is 19.7 Å².